The number of nitrogens with one attached hydrogen (secondary N) is 1. The van der Waals surface area contributed by atoms with E-state index in [1.807, 2.05) is 30.0 Å². The highest BCUT2D eigenvalue weighted by Gasteiger charge is 2.28. The van der Waals surface area contributed by atoms with E-state index in [2.05, 4.69) is 38.2 Å². The van der Waals surface area contributed by atoms with Gasteiger partial charge < -0.3 is 15.0 Å². The highest BCUT2D eigenvalue weighted by Crippen LogP contribution is 2.16. The van der Waals surface area contributed by atoms with Crippen LogP contribution in [-0.4, -0.2) is 42.8 Å². The molecule has 2 rings (SSSR count). The maximum Gasteiger partial charge on any atom is 0.317 e. The third kappa shape index (κ3) is 5.34. The minimum atomic E-state index is 0.0168. The van der Waals surface area contributed by atoms with Gasteiger partial charge in [0.1, 0.15) is 0 Å². The minimum absolute atomic E-state index is 0.0168. The summed E-state index contributed by atoms with van der Waals surface area (Å²) in [6, 6.07) is 10.3. The van der Waals surface area contributed by atoms with Gasteiger partial charge >= 0.3 is 6.03 Å². The lowest BCUT2D eigenvalue weighted by Crippen LogP contribution is -2.53. The molecule has 0 aromatic heterocycles. The fraction of sp³-hybridized carbons (Fsp3) is 0.611. The third-order valence-corrected chi connectivity index (χ3v) is 3.69. The maximum absolute atomic E-state index is 12.3. The van der Waals surface area contributed by atoms with Crippen molar-refractivity contribution in [2.45, 2.75) is 46.3 Å². The molecule has 1 N–H and O–H groups in total. The van der Waals surface area contributed by atoms with Crippen LogP contribution in [0.1, 0.15) is 33.3 Å². The summed E-state index contributed by atoms with van der Waals surface area (Å²) in [7, 11) is 0. The number of carbonyl (C=O) groups excluding carboxylic acids is 1. The monoisotopic (exact) mass is 304 g/mol. The number of ether oxygens (including phenoxy) is 1. The lowest BCUT2D eigenvalue weighted by Gasteiger charge is -2.37. The van der Waals surface area contributed by atoms with E-state index in [-0.39, 0.29) is 23.7 Å². The molecule has 1 saturated heterocycles. The Labute approximate surface area is 133 Å². The summed E-state index contributed by atoms with van der Waals surface area (Å²) in [5.41, 5.74) is 1.34. The second-order valence-electron chi connectivity index (χ2n) is 7.38. The standard InChI is InChI=1S/C18H28N2O2/c1-14-11-20(17(21)19-13-18(2,3)4)12-16(22-14)10-15-8-6-5-7-9-15/h5-9,14,16H,10-13H2,1-4H3,(H,19,21). The van der Waals surface area contributed by atoms with Crippen LogP contribution in [0, 0.1) is 5.41 Å². The van der Waals surface area contributed by atoms with Gasteiger partial charge in [-0.3, -0.25) is 0 Å². The molecule has 1 aromatic rings. The van der Waals surface area contributed by atoms with Gasteiger partial charge in [0.15, 0.2) is 0 Å². The quantitative estimate of drug-likeness (QED) is 0.932. The molecule has 4 heteroatoms. The van der Waals surface area contributed by atoms with Crippen molar-refractivity contribution in [3.05, 3.63) is 35.9 Å². The van der Waals surface area contributed by atoms with Gasteiger partial charge in [-0.2, -0.15) is 0 Å². The van der Waals surface area contributed by atoms with Crippen LogP contribution in [0.4, 0.5) is 4.79 Å². The third-order valence-electron chi connectivity index (χ3n) is 3.69. The number of nitrogens with zero attached hydrogens (tertiary/aromatic N) is 1. The molecule has 22 heavy (non-hydrogen) atoms. The van der Waals surface area contributed by atoms with Crippen LogP contribution in [0.3, 0.4) is 0 Å². The molecule has 1 heterocycles. The van der Waals surface area contributed by atoms with E-state index in [0.29, 0.717) is 19.6 Å². The number of rotatable bonds is 3. The summed E-state index contributed by atoms with van der Waals surface area (Å²) in [6.45, 7) is 10.4. The molecule has 1 aliphatic heterocycles. The summed E-state index contributed by atoms with van der Waals surface area (Å²) < 4.78 is 5.99. The smallest absolute Gasteiger partial charge is 0.317 e. The highest BCUT2D eigenvalue weighted by atomic mass is 16.5. The van der Waals surface area contributed by atoms with Crippen molar-refractivity contribution in [1.82, 2.24) is 10.2 Å². The van der Waals surface area contributed by atoms with Gasteiger partial charge in [-0.1, -0.05) is 51.1 Å². The van der Waals surface area contributed by atoms with Crippen molar-refractivity contribution in [3.8, 4) is 0 Å². The van der Waals surface area contributed by atoms with E-state index in [4.69, 9.17) is 4.74 Å². The molecule has 2 unspecified atom stereocenters. The van der Waals surface area contributed by atoms with Crippen LogP contribution in [-0.2, 0) is 11.2 Å². The number of hydrogen-bond acceptors (Lipinski definition) is 2. The molecule has 1 aliphatic rings. The molecular formula is C18H28N2O2. The molecule has 0 radical (unpaired) electrons. The molecule has 0 spiro atoms. The largest absolute Gasteiger partial charge is 0.371 e. The van der Waals surface area contributed by atoms with E-state index in [1.165, 1.54) is 5.56 Å². The highest BCUT2D eigenvalue weighted by molar-refractivity contribution is 5.74. The molecule has 4 nitrogen and oxygen atoms in total. The summed E-state index contributed by atoms with van der Waals surface area (Å²) >= 11 is 0. The van der Waals surface area contributed by atoms with E-state index in [9.17, 15) is 4.79 Å². The van der Waals surface area contributed by atoms with Crippen molar-refractivity contribution < 1.29 is 9.53 Å². The Kier molecular flexibility index (Phi) is 5.46. The molecule has 0 bridgehead atoms. The first-order chi connectivity index (χ1) is 10.3. The predicted molar refractivity (Wildman–Crippen MR) is 88.9 cm³/mol. The number of carbonyl (C=O) groups is 1. The van der Waals surface area contributed by atoms with Crippen LogP contribution >= 0.6 is 0 Å². The Morgan fingerprint density at radius 2 is 1.95 bits per heavy atom. The van der Waals surface area contributed by atoms with Gasteiger partial charge in [-0.25, -0.2) is 4.79 Å². The Bertz CT molecular complexity index is 482. The van der Waals surface area contributed by atoms with E-state index >= 15 is 0 Å². The fourth-order valence-corrected chi connectivity index (χ4v) is 2.65. The Morgan fingerprint density at radius 1 is 1.27 bits per heavy atom. The second-order valence-corrected chi connectivity index (χ2v) is 7.38. The van der Waals surface area contributed by atoms with Crippen molar-refractivity contribution in [3.63, 3.8) is 0 Å². The average molecular weight is 304 g/mol. The van der Waals surface area contributed by atoms with Gasteiger partial charge in [-0.15, -0.1) is 0 Å². The Morgan fingerprint density at radius 3 is 2.59 bits per heavy atom. The maximum atomic E-state index is 12.3. The summed E-state index contributed by atoms with van der Waals surface area (Å²) in [4.78, 5) is 14.2. The molecular weight excluding hydrogens is 276 g/mol. The number of urea groups is 1. The summed E-state index contributed by atoms with van der Waals surface area (Å²) in [6.07, 6.45) is 0.975. The number of amides is 2. The Hall–Kier alpha value is -1.55. The topological polar surface area (TPSA) is 41.6 Å². The Balaban J connectivity index is 1.91. The van der Waals surface area contributed by atoms with Crippen molar-refractivity contribution >= 4 is 6.03 Å². The first kappa shape index (κ1) is 16.8. The predicted octanol–water partition coefficient (Wildman–Crippen LogP) is 3.07. The first-order valence-corrected chi connectivity index (χ1v) is 8.06. The zero-order valence-electron chi connectivity index (χ0n) is 14.1. The summed E-state index contributed by atoms with van der Waals surface area (Å²) in [5.74, 6) is 0. The van der Waals surface area contributed by atoms with Crippen LogP contribution in [0.15, 0.2) is 30.3 Å². The molecule has 2 atom stereocenters. The van der Waals surface area contributed by atoms with Gasteiger partial charge in [0.25, 0.3) is 0 Å². The molecule has 0 aliphatic carbocycles. The van der Waals surface area contributed by atoms with Gasteiger partial charge in [0, 0.05) is 26.1 Å². The normalized spacial score (nSPS) is 22.5. The lowest BCUT2D eigenvalue weighted by molar-refractivity contribution is -0.0629. The molecule has 2 amide bonds. The SMILES string of the molecule is CC1CN(C(=O)NCC(C)(C)C)CC(Cc2ccccc2)O1. The zero-order chi connectivity index (χ0) is 16.2. The van der Waals surface area contributed by atoms with Crippen LogP contribution in [0.2, 0.25) is 0 Å². The molecule has 0 saturated carbocycles. The summed E-state index contributed by atoms with van der Waals surface area (Å²) in [5, 5.41) is 3.03. The van der Waals surface area contributed by atoms with Crippen molar-refractivity contribution in [1.29, 1.82) is 0 Å². The number of hydrogen-bond donors (Lipinski definition) is 1. The fourth-order valence-electron chi connectivity index (χ4n) is 2.65. The number of morpholine rings is 1. The van der Waals surface area contributed by atoms with Crippen LogP contribution in [0.5, 0.6) is 0 Å². The van der Waals surface area contributed by atoms with Crippen LogP contribution < -0.4 is 5.32 Å². The minimum Gasteiger partial charge on any atom is -0.371 e. The number of benzene rings is 1. The van der Waals surface area contributed by atoms with Crippen LogP contribution in [0.25, 0.3) is 0 Å². The van der Waals surface area contributed by atoms with E-state index in [0.717, 1.165) is 6.42 Å². The second kappa shape index (κ2) is 7.14. The van der Waals surface area contributed by atoms with Gasteiger partial charge in [0.2, 0.25) is 0 Å². The average Bonchev–Trinajstić information content (AvgIpc) is 2.44. The van der Waals surface area contributed by atoms with E-state index in [1.54, 1.807) is 0 Å². The van der Waals surface area contributed by atoms with Gasteiger partial charge in [-0.05, 0) is 17.9 Å². The van der Waals surface area contributed by atoms with Gasteiger partial charge in [0.05, 0.1) is 12.2 Å². The molecule has 1 fully saturated rings. The zero-order valence-corrected chi connectivity index (χ0v) is 14.1. The lowest BCUT2D eigenvalue weighted by atomic mass is 9.97. The first-order valence-electron chi connectivity index (χ1n) is 8.06. The van der Waals surface area contributed by atoms with E-state index < -0.39 is 0 Å². The van der Waals surface area contributed by atoms with Crippen molar-refractivity contribution in [2.75, 3.05) is 19.6 Å². The van der Waals surface area contributed by atoms with Crippen molar-refractivity contribution in [2.24, 2.45) is 5.41 Å². The molecule has 1 aromatic carbocycles. The molecule has 122 valence electrons.